The molecule has 0 unspecified atom stereocenters. The number of nitrogens with one attached hydrogen (secondary N) is 1. The second kappa shape index (κ2) is 15.3. The maximum atomic E-state index is 13.7. The highest BCUT2D eigenvalue weighted by Gasteiger charge is 2.49. The van der Waals surface area contributed by atoms with Crippen LogP contribution < -0.4 is 10.2 Å². The topological polar surface area (TPSA) is 82.2 Å². The molecule has 3 atom stereocenters. The third-order valence-corrected chi connectivity index (χ3v) is 8.48. The van der Waals surface area contributed by atoms with Crippen molar-refractivity contribution >= 4 is 50.3 Å². The molecule has 4 fully saturated rings. The molecule has 2 amide bonds. The second-order valence-corrected chi connectivity index (χ2v) is 10.8. The van der Waals surface area contributed by atoms with Crippen LogP contribution in [0.3, 0.4) is 0 Å². The van der Waals surface area contributed by atoms with Crippen molar-refractivity contribution in [2.45, 2.75) is 77.5 Å². The van der Waals surface area contributed by atoms with Crippen LogP contribution in [0.1, 0.15) is 69.7 Å². The first-order valence-electron chi connectivity index (χ1n) is 13.9. The van der Waals surface area contributed by atoms with Gasteiger partial charge in [-0.2, -0.15) is 27.0 Å². The molecule has 1 N–H and O–H groups in total. The summed E-state index contributed by atoms with van der Waals surface area (Å²) < 4.78 is 5.59. The predicted molar refractivity (Wildman–Crippen MR) is 166 cm³/mol. The molecule has 3 aliphatic heterocycles. The first-order valence-corrected chi connectivity index (χ1v) is 13.9. The Morgan fingerprint density at radius 1 is 0.974 bits per heavy atom. The first-order chi connectivity index (χ1) is 17.5. The fourth-order valence-corrected chi connectivity index (χ4v) is 6.46. The molecule has 4 aliphatic rings. The maximum absolute atomic E-state index is 13.7. The highest BCUT2D eigenvalue weighted by Crippen LogP contribution is 2.32. The zero-order chi connectivity index (χ0) is 25.1. The Hall–Kier alpha value is -1.75. The van der Waals surface area contributed by atoms with Crippen LogP contribution in [-0.4, -0.2) is 91.5 Å². The molecule has 0 bridgehead atoms. The minimum absolute atomic E-state index is 0. The number of piperazine rings is 1. The van der Waals surface area contributed by atoms with Gasteiger partial charge in [0.15, 0.2) is 5.78 Å². The van der Waals surface area contributed by atoms with Gasteiger partial charge in [0.1, 0.15) is 18.7 Å². The molecule has 1 aliphatic carbocycles. The SMILES string of the molecule is C.CCCN1CCN(c2ccc(C(=O)N[C@H](C(=O)N3CC[C@H]4OCC(=O)[C@H]43)C3CCCCC3)cc2)CC1.S.S. The van der Waals surface area contributed by atoms with Crippen LogP contribution in [0.25, 0.3) is 0 Å². The van der Waals surface area contributed by atoms with E-state index in [-0.39, 0.29) is 70.6 Å². The van der Waals surface area contributed by atoms with Gasteiger partial charge in [0, 0.05) is 44.0 Å². The molecule has 220 valence electrons. The van der Waals surface area contributed by atoms with Crippen molar-refractivity contribution in [2.24, 2.45) is 5.92 Å². The fraction of sp³-hybridized carbons (Fsp3) is 0.690. The van der Waals surface area contributed by atoms with Crippen molar-refractivity contribution in [3.63, 3.8) is 0 Å². The van der Waals surface area contributed by atoms with E-state index in [2.05, 4.69) is 22.0 Å². The van der Waals surface area contributed by atoms with E-state index in [0.29, 0.717) is 18.5 Å². The van der Waals surface area contributed by atoms with Crippen LogP contribution in [0.4, 0.5) is 5.69 Å². The number of ketones is 1. The zero-order valence-corrected chi connectivity index (χ0v) is 24.5. The molecule has 10 heteroatoms. The van der Waals surface area contributed by atoms with E-state index in [1.807, 2.05) is 24.3 Å². The number of likely N-dealkylation sites (tertiary alicyclic amines) is 1. The summed E-state index contributed by atoms with van der Waals surface area (Å²) in [6, 6.07) is 6.68. The van der Waals surface area contributed by atoms with Crippen LogP contribution in [0.15, 0.2) is 24.3 Å². The van der Waals surface area contributed by atoms with Gasteiger partial charge in [-0.15, -0.1) is 0 Å². The molecular formula is C29H48N4O4S2. The van der Waals surface area contributed by atoms with Crippen molar-refractivity contribution in [2.75, 3.05) is 50.8 Å². The Kier molecular flexibility index (Phi) is 13.1. The van der Waals surface area contributed by atoms with Gasteiger partial charge in [-0.1, -0.05) is 33.6 Å². The van der Waals surface area contributed by atoms with E-state index >= 15 is 0 Å². The maximum Gasteiger partial charge on any atom is 0.251 e. The van der Waals surface area contributed by atoms with Crippen molar-refractivity contribution in [1.82, 2.24) is 15.1 Å². The average Bonchev–Trinajstić information content (AvgIpc) is 3.51. The van der Waals surface area contributed by atoms with Gasteiger partial charge in [-0.3, -0.25) is 19.3 Å². The summed E-state index contributed by atoms with van der Waals surface area (Å²) in [6.45, 7) is 8.06. The van der Waals surface area contributed by atoms with Gasteiger partial charge in [-0.25, -0.2) is 0 Å². The molecule has 39 heavy (non-hydrogen) atoms. The van der Waals surface area contributed by atoms with Gasteiger partial charge < -0.3 is 19.9 Å². The molecule has 0 radical (unpaired) electrons. The van der Waals surface area contributed by atoms with E-state index in [1.165, 1.54) is 12.8 Å². The van der Waals surface area contributed by atoms with E-state index in [0.717, 1.165) is 64.1 Å². The highest BCUT2D eigenvalue weighted by molar-refractivity contribution is 7.59. The number of ether oxygens (including phenoxy) is 1. The predicted octanol–water partition coefficient (Wildman–Crippen LogP) is 3.33. The van der Waals surface area contributed by atoms with Crippen LogP contribution >= 0.6 is 27.0 Å². The van der Waals surface area contributed by atoms with Crippen molar-refractivity contribution < 1.29 is 19.1 Å². The Morgan fingerprint density at radius 2 is 1.64 bits per heavy atom. The summed E-state index contributed by atoms with van der Waals surface area (Å²) in [5.74, 6) is -0.262. The lowest BCUT2D eigenvalue weighted by Crippen LogP contribution is -2.55. The lowest BCUT2D eigenvalue weighted by Gasteiger charge is -2.36. The number of carbonyl (C=O) groups is 3. The Morgan fingerprint density at radius 3 is 2.28 bits per heavy atom. The molecular weight excluding hydrogens is 532 g/mol. The normalized spacial score (nSPS) is 24.2. The van der Waals surface area contributed by atoms with Crippen LogP contribution in [-0.2, 0) is 14.3 Å². The van der Waals surface area contributed by atoms with Crippen molar-refractivity contribution in [3.8, 4) is 0 Å². The Balaban J connectivity index is 0.00000178. The number of rotatable bonds is 7. The van der Waals surface area contributed by atoms with E-state index < -0.39 is 12.1 Å². The summed E-state index contributed by atoms with van der Waals surface area (Å²) >= 11 is 0. The van der Waals surface area contributed by atoms with Gasteiger partial charge >= 0.3 is 0 Å². The molecule has 0 aromatic heterocycles. The van der Waals surface area contributed by atoms with Gasteiger partial charge in [0.25, 0.3) is 5.91 Å². The number of anilines is 1. The van der Waals surface area contributed by atoms with Crippen molar-refractivity contribution in [1.29, 1.82) is 0 Å². The molecule has 0 spiro atoms. The monoisotopic (exact) mass is 580 g/mol. The number of carbonyl (C=O) groups excluding carboxylic acids is 3. The van der Waals surface area contributed by atoms with E-state index in [1.54, 1.807) is 4.90 Å². The summed E-state index contributed by atoms with van der Waals surface area (Å²) in [4.78, 5) is 46.0. The quantitative estimate of drug-likeness (QED) is 0.533. The molecule has 3 heterocycles. The highest BCUT2D eigenvalue weighted by atomic mass is 32.1. The van der Waals surface area contributed by atoms with Gasteiger partial charge in [-0.05, 0) is 62.4 Å². The molecule has 1 saturated carbocycles. The summed E-state index contributed by atoms with van der Waals surface area (Å²) in [5, 5.41) is 3.09. The van der Waals surface area contributed by atoms with E-state index in [9.17, 15) is 14.4 Å². The number of fused-ring (bicyclic) bond motifs is 1. The summed E-state index contributed by atoms with van der Waals surface area (Å²) in [5.41, 5.74) is 1.70. The smallest absolute Gasteiger partial charge is 0.251 e. The zero-order valence-electron chi connectivity index (χ0n) is 22.5. The minimum atomic E-state index is -0.601. The number of nitrogens with zero attached hydrogens (tertiary/aromatic N) is 3. The number of hydrogen-bond acceptors (Lipinski definition) is 6. The Labute approximate surface area is 248 Å². The van der Waals surface area contributed by atoms with Crippen LogP contribution in [0.5, 0.6) is 0 Å². The lowest BCUT2D eigenvalue weighted by atomic mass is 9.83. The average molecular weight is 581 g/mol. The standard InChI is InChI=1S/C28H40N4O4.CH4.2H2S/c1-2-13-30-15-17-31(18-16-30)22-10-8-21(9-11-22)27(34)29-25(20-6-4-3-5-7-20)28(35)32-14-12-24-26(32)23(33)19-36-24;;;/h8-11,20,24-26H,2-7,12-19H2,1H3,(H,29,34);1H4;2*1H2/t24-,25+,26-;;;/m1.../s1. The minimum Gasteiger partial charge on any atom is -0.369 e. The molecule has 5 rings (SSSR count). The second-order valence-electron chi connectivity index (χ2n) is 10.8. The number of hydrogen-bond donors (Lipinski definition) is 1. The van der Waals surface area contributed by atoms with Crippen LogP contribution in [0.2, 0.25) is 0 Å². The number of Topliss-reactive ketones (excluding diaryl/α,β-unsaturated/α-hetero) is 1. The summed E-state index contributed by atoms with van der Waals surface area (Å²) in [7, 11) is 0. The molecule has 3 saturated heterocycles. The molecule has 1 aromatic carbocycles. The largest absolute Gasteiger partial charge is 0.369 e. The summed E-state index contributed by atoms with van der Waals surface area (Å²) in [6.07, 6.45) is 6.81. The molecule has 8 nitrogen and oxygen atoms in total. The number of amides is 2. The third kappa shape index (κ3) is 7.51. The third-order valence-electron chi connectivity index (χ3n) is 8.48. The molecule has 1 aromatic rings. The first kappa shape index (κ1) is 33.5. The van der Waals surface area contributed by atoms with Gasteiger partial charge in [0.05, 0.1) is 6.10 Å². The van der Waals surface area contributed by atoms with E-state index in [4.69, 9.17) is 4.74 Å². The van der Waals surface area contributed by atoms with Crippen molar-refractivity contribution in [3.05, 3.63) is 29.8 Å². The van der Waals surface area contributed by atoms with Gasteiger partial charge in [0.2, 0.25) is 5.91 Å². The Bertz CT molecular complexity index is 949. The lowest BCUT2D eigenvalue weighted by molar-refractivity contribution is -0.139. The number of benzene rings is 1. The van der Waals surface area contributed by atoms with Crippen LogP contribution in [0, 0.1) is 5.92 Å². The fourth-order valence-electron chi connectivity index (χ4n) is 6.46.